The molecule has 4 unspecified atom stereocenters. The normalized spacial score (nSPS) is 37.4. The number of rotatable bonds is 2. The van der Waals surface area contributed by atoms with Gasteiger partial charge in [0.25, 0.3) is 0 Å². The zero-order valence-corrected chi connectivity index (χ0v) is 12.5. The van der Waals surface area contributed by atoms with E-state index in [9.17, 15) is 23.1 Å². The molecule has 2 amide bonds. The molecule has 0 radical (unpaired) electrons. The number of hydrogen-bond donors (Lipinski definition) is 2. The SMILES string of the molecule is O=C(O)C1C2CCC(C2)C1NC(=O)N1CCS(=O)(=O)CC1. The van der Waals surface area contributed by atoms with E-state index in [1.807, 2.05) is 0 Å². The number of carbonyl (C=O) groups excluding carboxylic acids is 1. The average Bonchev–Trinajstić information content (AvgIpc) is 2.98. The van der Waals surface area contributed by atoms with Gasteiger partial charge in [0, 0.05) is 19.1 Å². The molecule has 3 aliphatic rings. The number of fused-ring (bicyclic) bond motifs is 2. The summed E-state index contributed by atoms with van der Waals surface area (Å²) in [5.74, 6) is -0.957. The maximum absolute atomic E-state index is 12.2. The topological polar surface area (TPSA) is 104 Å². The Morgan fingerprint density at radius 3 is 2.33 bits per heavy atom. The zero-order chi connectivity index (χ0) is 15.2. The Balaban J connectivity index is 1.63. The summed E-state index contributed by atoms with van der Waals surface area (Å²) in [6.45, 7) is 0.374. The fourth-order valence-corrected chi connectivity index (χ4v) is 5.20. The summed E-state index contributed by atoms with van der Waals surface area (Å²) >= 11 is 0. The number of carboxylic acid groups (broad SMARTS) is 1. The summed E-state index contributed by atoms with van der Waals surface area (Å²) in [5.41, 5.74) is 0. The molecule has 7 nitrogen and oxygen atoms in total. The van der Waals surface area contributed by atoms with Crippen LogP contribution in [0, 0.1) is 17.8 Å². The van der Waals surface area contributed by atoms with E-state index in [0.717, 1.165) is 19.3 Å². The number of urea groups is 1. The van der Waals surface area contributed by atoms with Crippen LogP contribution in [-0.4, -0.2) is 61.1 Å². The molecule has 1 saturated heterocycles. The lowest BCUT2D eigenvalue weighted by Gasteiger charge is -2.33. The number of hydrogen-bond acceptors (Lipinski definition) is 4. The molecular weight excluding hydrogens is 296 g/mol. The van der Waals surface area contributed by atoms with E-state index >= 15 is 0 Å². The standard InChI is InChI=1S/C13H20N2O5S/c16-12(17)10-8-1-2-9(7-8)11(10)14-13(18)15-3-5-21(19,20)6-4-15/h8-11H,1-7H2,(H,14,18)(H,16,17). The second-order valence-corrected chi connectivity index (χ2v) is 8.62. The molecule has 2 bridgehead atoms. The highest BCUT2D eigenvalue weighted by Crippen LogP contribution is 2.48. The quantitative estimate of drug-likeness (QED) is 0.742. The molecule has 4 atom stereocenters. The first kappa shape index (κ1) is 14.6. The van der Waals surface area contributed by atoms with Gasteiger partial charge < -0.3 is 15.3 Å². The first-order valence-electron chi connectivity index (χ1n) is 7.36. The third-order valence-corrected chi connectivity index (χ3v) is 6.73. The highest BCUT2D eigenvalue weighted by atomic mass is 32.2. The van der Waals surface area contributed by atoms with Gasteiger partial charge in [-0.3, -0.25) is 4.79 Å². The van der Waals surface area contributed by atoms with Crippen molar-refractivity contribution in [3.8, 4) is 0 Å². The summed E-state index contributed by atoms with van der Waals surface area (Å²) in [5, 5.41) is 12.2. The molecular formula is C13H20N2O5S. The van der Waals surface area contributed by atoms with E-state index in [4.69, 9.17) is 0 Å². The Kier molecular flexibility index (Phi) is 3.59. The van der Waals surface area contributed by atoms with E-state index in [2.05, 4.69) is 5.32 Å². The van der Waals surface area contributed by atoms with Gasteiger partial charge in [-0.25, -0.2) is 13.2 Å². The average molecular weight is 316 g/mol. The second-order valence-electron chi connectivity index (χ2n) is 6.31. The first-order chi connectivity index (χ1) is 9.87. The minimum atomic E-state index is -3.02. The lowest BCUT2D eigenvalue weighted by atomic mass is 9.84. The minimum absolute atomic E-state index is 0.0144. The lowest BCUT2D eigenvalue weighted by molar-refractivity contribution is -0.144. The van der Waals surface area contributed by atoms with Crippen LogP contribution in [0.1, 0.15) is 19.3 Å². The van der Waals surface area contributed by atoms with E-state index in [0.29, 0.717) is 0 Å². The number of aliphatic carboxylic acids is 1. The Morgan fingerprint density at radius 2 is 1.71 bits per heavy atom. The predicted octanol–water partition coefficient (Wildman–Crippen LogP) is -0.0743. The third kappa shape index (κ3) is 2.73. The monoisotopic (exact) mass is 316 g/mol. The van der Waals surface area contributed by atoms with Crippen LogP contribution >= 0.6 is 0 Å². The van der Waals surface area contributed by atoms with Crippen molar-refractivity contribution in [3.05, 3.63) is 0 Å². The molecule has 0 aromatic carbocycles. The third-order valence-electron chi connectivity index (χ3n) is 5.12. The van der Waals surface area contributed by atoms with E-state index in [1.54, 1.807) is 0 Å². The molecule has 0 aromatic heterocycles. The maximum Gasteiger partial charge on any atom is 0.317 e. The summed E-state index contributed by atoms with van der Waals surface area (Å²) in [7, 11) is -3.02. The van der Waals surface area contributed by atoms with Crippen LogP contribution in [0.3, 0.4) is 0 Å². The van der Waals surface area contributed by atoms with Gasteiger partial charge >= 0.3 is 12.0 Å². The fraction of sp³-hybridized carbons (Fsp3) is 0.846. The second kappa shape index (κ2) is 5.15. The maximum atomic E-state index is 12.2. The van der Waals surface area contributed by atoms with Crippen molar-refractivity contribution in [2.45, 2.75) is 25.3 Å². The predicted molar refractivity (Wildman–Crippen MR) is 74.5 cm³/mol. The highest BCUT2D eigenvalue weighted by Gasteiger charge is 2.51. The summed E-state index contributed by atoms with van der Waals surface area (Å²) < 4.78 is 22.7. The minimum Gasteiger partial charge on any atom is -0.481 e. The molecule has 21 heavy (non-hydrogen) atoms. The highest BCUT2D eigenvalue weighted by molar-refractivity contribution is 7.91. The van der Waals surface area contributed by atoms with E-state index in [1.165, 1.54) is 4.90 Å². The first-order valence-corrected chi connectivity index (χ1v) is 9.18. The number of nitrogens with zero attached hydrogens (tertiary/aromatic N) is 1. The van der Waals surface area contributed by atoms with Gasteiger partial charge in [-0.2, -0.15) is 0 Å². The molecule has 1 heterocycles. The van der Waals surface area contributed by atoms with E-state index < -0.39 is 21.7 Å². The van der Waals surface area contributed by atoms with Crippen molar-refractivity contribution >= 4 is 21.8 Å². The van der Waals surface area contributed by atoms with Crippen LogP contribution in [0.5, 0.6) is 0 Å². The van der Waals surface area contributed by atoms with Crippen molar-refractivity contribution < 1.29 is 23.1 Å². The molecule has 2 saturated carbocycles. The van der Waals surface area contributed by atoms with Gasteiger partial charge in [-0.15, -0.1) is 0 Å². The van der Waals surface area contributed by atoms with Crippen molar-refractivity contribution in [1.82, 2.24) is 10.2 Å². The number of carbonyl (C=O) groups is 2. The Morgan fingerprint density at radius 1 is 1.10 bits per heavy atom. The van der Waals surface area contributed by atoms with E-state index in [-0.39, 0.29) is 48.5 Å². The molecule has 2 aliphatic carbocycles. The molecule has 0 aromatic rings. The number of amides is 2. The lowest BCUT2D eigenvalue weighted by Crippen LogP contribution is -2.54. The van der Waals surface area contributed by atoms with Gasteiger partial charge in [-0.1, -0.05) is 0 Å². The summed E-state index contributed by atoms with van der Waals surface area (Å²) in [6.07, 6.45) is 2.76. The molecule has 118 valence electrons. The summed E-state index contributed by atoms with van der Waals surface area (Å²) in [4.78, 5) is 25.1. The van der Waals surface area contributed by atoms with Crippen LogP contribution in [0.4, 0.5) is 4.79 Å². The largest absolute Gasteiger partial charge is 0.481 e. The number of carboxylic acids is 1. The molecule has 3 rings (SSSR count). The van der Waals surface area contributed by atoms with Gasteiger partial charge in [0.05, 0.1) is 17.4 Å². The Hall–Kier alpha value is -1.31. The van der Waals surface area contributed by atoms with Crippen LogP contribution in [0.2, 0.25) is 0 Å². The number of sulfone groups is 1. The Labute approximate surface area is 123 Å². The van der Waals surface area contributed by atoms with Gasteiger partial charge in [0.2, 0.25) is 0 Å². The molecule has 1 aliphatic heterocycles. The van der Waals surface area contributed by atoms with Gasteiger partial charge in [0.1, 0.15) is 0 Å². The van der Waals surface area contributed by atoms with Crippen LogP contribution in [0.25, 0.3) is 0 Å². The molecule has 2 N–H and O–H groups in total. The Bertz CT molecular complexity index is 547. The van der Waals surface area contributed by atoms with Gasteiger partial charge in [0.15, 0.2) is 9.84 Å². The summed E-state index contributed by atoms with van der Waals surface area (Å²) in [6, 6.07) is -0.638. The molecule has 3 fully saturated rings. The molecule has 0 spiro atoms. The van der Waals surface area contributed by atoms with Crippen molar-refractivity contribution in [1.29, 1.82) is 0 Å². The number of nitrogens with one attached hydrogen (secondary N) is 1. The van der Waals surface area contributed by atoms with Crippen LogP contribution in [-0.2, 0) is 14.6 Å². The van der Waals surface area contributed by atoms with Crippen molar-refractivity contribution in [2.24, 2.45) is 17.8 Å². The zero-order valence-electron chi connectivity index (χ0n) is 11.7. The smallest absolute Gasteiger partial charge is 0.317 e. The van der Waals surface area contributed by atoms with Crippen molar-refractivity contribution in [3.63, 3.8) is 0 Å². The fourth-order valence-electron chi connectivity index (χ4n) is 4.00. The van der Waals surface area contributed by atoms with Crippen molar-refractivity contribution in [2.75, 3.05) is 24.6 Å². The van der Waals surface area contributed by atoms with Crippen LogP contribution in [0.15, 0.2) is 0 Å². The molecule has 8 heteroatoms. The van der Waals surface area contributed by atoms with Gasteiger partial charge in [-0.05, 0) is 31.1 Å². The van der Waals surface area contributed by atoms with Crippen LogP contribution < -0.4 is 5.32 Å².